The van der Waals surface area contributed by atoms with Crippen LogP contribution in [0.3, 0.4) is 0 Å². The van der Waals surface area contributed by atoms with E-state index >= 15 is 0 Å². The van der Waals surface area contributed by atoms with E-state index in [1.165, 1.54) is 38.1 Å². The van der Waals surface area contributed by atoms with E-state index in [0.717, 1.165) is 5.69 Å². The molecule has 0 spiro atoms. The SMILES string of the molecule is COC[CH]C(=O)NC(=O)c1c[nH]c2ncc(-c3nn(Cc4ccccn4)c4cc(F)ccc34)nc12. The summed E-state index contributed by atoms with van der Waals surface area (Å²) in [5, 5.41) is 7.60. The Bertz CT molecular complexity index is 1550. The molecule has 5 rings (SSSR count). The molecule has 0 atom stereocenters. The van der Waals surface area contributed by atoms with Crippen LogP contribution in [0.15, 0.2) is 55.0 Å². The number of nitrogens with one attached hydrogen (secondary N) is 2. The Labute approximate surface area is 198 Å². The van der Waals surface area contributed by atoms with Gasteiger partial charge in [0.15, 0.2) is 5.65 Å². The van der Waals surface area contributed by atoms with Crippen LogP contribution in [0.2, 0.25) is 0 Å². The molecule has 4 aromatic heterocycles. The van der Waals surface area contributed by atoms with E-state index in [1.807, 2.05) is 18.2 Å². The van der Waals surface area contributed by atoms with Crippen LogP contribution in [0.4, 0.5) is 4.39 Å². The van der Waals surface area contributed by atoms with Gasteiger partial charge < -0.3 is 9.72 Å². The largest absolute Gasteiger partial charge is 0.384 e. The zero-order valence-electron chi connectivity index (χ0n) is 18.5. The van der Waals surface area contributed by atoms with Crippen LogP contribution < -0.4 is 5.32 Å². The fourth-order valence-corrected chi connectivity index (χ4v) is 3.67. The van der Waals surface area contributed by atoms with Crippen LogP contribution in [0.5, 0.6) is 0 Å². The van der Waals surface area contributed by atoms with Gasteiger partial charge in [0.05, 0.1) is 42.5 Å². The number of halogens is 1. The Morgan fingerprint density at radius 2 is 2.11 bits per heavy atom. The summed E-state index contributed by atoms with van der Waals surface area (Å²) in [6.45, 7) is 0.403. The first-order chi connectivity index (χ1) is 17.0. The van der Waals surface area contributed by atoms with Gasteiger partial charge in [0, 0.05) is 24.9 Å². The Morgan fingerprint density at radius 3 is 2.91 bits per heavy atom. The number of aromatic amines is 1. The molecule has 0 aliphatic carbocycles. The molecule has 0 unspecified atom stereocenters. The molecule has 5 aromatic rings. The maximum Gasteiger partial charge on any atom is 0.261 e. The lowest BCUT2D eigenvalue weighted by Crippen LogP contribution is -2.31. The fraction of sp³-hybridized carbons (Fsp3) is 0.125. The van der Waals surface area contributed by atoms with Crippen molar-refractivity contribution in [3.05, 3.63) is 78.5 Å². The molecule has 0 aliphatic rings. The quantitative estimate of drug-likeness (QED) is 0.373. The smallest absolute Gasteiger partial charge is 0.261 e. The van der Waals surface area contributed by atoms with Crippen molar-refractivity contribution >= 4 is 33.9 Å². The minimum absolute atomic E-state index is 0.0752. The summed E-state index contributed by atoms with van der Waals surface area (Å²) in [6.07, 6.45) is 5.84. The lowest BCUT2D eigenvalue weighted by atomic mass is 10.1. The highest BCUT2D eigenvalue weighted by molar-refractivity contribution is 6.12. The van der Waals surface area contributed by atoms with Crippen LogP contribution in [0.25, 0.3) is 33.5 Å². The third kappa shape index (κ3) is 4.49. The summed E-state index contributed by atoms with van der Waals surface area (Å²) < 4.78 is 20.5. The second kappa shape index (κ2) is 9.39. The standard InChI is InChI=1S/C24H19FN7O3/c1-35-9-7-20(33)30-24(34)17-11-27-23-22(17)29-18(12-28-23)21-16-6-5-14(25)10-19(16)32(31-21)13-15-4-2-3-8-26-15/h2-8,10-12H,9,13H2,1H3,(H,27,28)(H,30,33,34). The van der Waals surface area contributed by atoms with Gasteiger partial charge in [-0.1, -0.05) is 6.07 Å². The third-order valence-electron chi connectivity index (χ3n) is 5.29. The lowest BCUT2D eigenvalue weighted by Gasteiger charge is -2.03. The van der Waals surface area contributed by atoms with E-state index in [1.54, 1.807) is 16.9 Å². The van der Waals surface area contributed by atoms with Crippen molar-refractivity contribution in [2.45, 2.75) is 6.54 Å². The van der Waals surface area contributed by atoms with E-state index < -0.39 is 17.6 Å². The number of imide groups is 1. The zero-order chi connectivity index (χ0) is 24.4. The molecule has 1 radical (unpaired) electrons. The van der Waals surface area contributed by atoms with Crippen LogP contribution in [-0.4, -0.2) is 55.2 Å². The number of fused-ring (bicyclic) bond motifs is 2. The van der Waals surface area contributed by atoms with Crippen LogP contribution >= 0.6 is 0 Å². The second-order valence-electron chi connectivity index (χ2n) is 7.62. The first kappa shape index (κ1) is 22.3. The molecule has 175 valence electrons. The summed E-state index contributed by atoms with van der Waals surface area (Å²) >= 11 is 0. The van der Waals surface area contributed by atoms with Crippen molar-refractivity contribution in [3.63, 3.8) is 0 Å². The Hall–Kier alpha value is -4.51. The molecule has 10 nitrogen and oxygen atoms in total. The molecule has 0 saturated heterocycles. The Morgan fingerprint density at radius 1 is 1.23 bits per heavy atom. The molecule has 1 aromatic carbocycles. The van der Waals surface area contributed by atoms with Gasteiger partial charge in [-0.2, -0.15) is 5.10 Å². The number of benzene rings is 1. The predicted octanol–water partition coefficient (Wildman–Crippen LogP) is 2.66. The molecular formula is C24H19FN7O3. The first-order valence-electron chi connectivity index (χ1n) is 10.6. The molecular weight excluding hydrogens is 453 g/mol. The van der Waals surface area contributed by atoms with Gasteiger partial charge in [-0.05, 0) is 30.3 Å². The fourth-order valence-electron chi connectivity index (χ4n) is 3.67. The summed E-state index contributed by atoms with van der Waals surface area (Å²) in [7, 11) is 1.44. The van der Waals surface area contributed by atoms with Crippen molar-refractivity contribution < 1.29 is 18.7 Å². The van der Waals surface area contributed by atoms with Gasteiger partial charge in [-0.25, -0.2) is 14.4 Å². The maximum absolute atomic E-state index is 14.1. The van der Waals surface area contributed by atoms with Crippen molar-refractivity contribution in [2.75, 3.05) is 13.7 Å². The number of ether oxygens (including phenoxy) is 1. The molecule has 2 amide bonds. The van der Waals surface area contributed by atoms with Gasteiger partial charge in [-0.3, -0.25) is 24.6 Å². The highest BCUT2D eigenvalue weighted by Gasteiger charge is 2.20. The number of H-pyrrole nitrogens is 1. The van der Waals surface area contributed by atoms with E-state index in [2.05, 4.69) is 30.4 Å². The van der Waals surface area contributed by atoms with E-state index in [0.29, 0.717) is 34.5 Å². The number of rotatable bonds is 7. The summed E-state index contributed by atoms with van der Waals surface area (Å²) in [6, 6.07) is 9.91. The van der Waals surface area contributed by atoms with Crippen LogP contribution in [-0.2, 0) is 16.1 Å². The van der Waals surface area contributed by atoms with Crippen LogP contribution in [0, 0.1) is 12.2 Å². The number of methoxy groups -OCH3 is 1. The van der Waals surface area contributed by atoms with Gasteiger partial charge in [0.1, 0.15) is 22.7 Å². The first-order valence-corrected chi connectivity index (χ1v) is 10.6. The molecule has 0 aliphatic heterocycles. The Balaban J connectivity index is 1.54. The van der Waals surface area contributed by atoms with E-state index in [-0.39, 0.29) is 17.7 Å². The van der Waals surface area contributed by atoms with Gasteiger partial charge >= 0.3 is 0 Å². The van der Waals surface area contributed by atoms with Gasteiger partial charge in [-0.15, -0.1) is 0 Å². The molecule has 35 heavy (non-hydrogen) atoms. The topological polar surface area (TPSA) is 128 Å². The number of aromatic nitrogens is 6. The molecule has 2 N–H and O–H groups in total. The van der Waals surface area contributed by atoms with Crippen molar-refractivity contribution in [3.8, 4) is 11.4 Å². The summed E-state index contributed by atoms with van der Waals surface area (Å²) in [5.41, 5.74) is 2.98. The average Bonchev–Trinajstić information content (AvgIpc) is 3.44. The van der Waals surface area contributed by atoms with Gasteiger partial charge in [0.25, 0.3) is 5.91 Å². The molecule has 11 heteroatoms. The molecule has 0 fully saturated rings. The van der Waals surface area contributed by atoms with Crippen molar-refractivity contribution in [1.82, 2.24) is 35.0 Å². The summed E-state index contributed by atoms with van der Waals surface area (Å²) in [4.78, 5) is 40.7. The number of amides is 2. The van der Waals surface area contributed by atoms with Crippen LogP contribution in [0.1, 0.15) is 16.1 Å². The maximum atomic E-state index is 14.1. The molecule has 0 saturated carbocycles. The number of carbonyl (C=O) groups is 2. The van der Waals surface area contributed by atoms with Gasteiger partial charge in [0.2, 0.25) is 5.91 Å². The highest BCUT2D eigenvalue weighted by Crippen LogP contribution is 2.29. The average molecular weight is 472 g/mol. The minimum atomic E-state index is -0.632. The van der Waals surface area contributed by atoms with Crippen molar-refractivity contribution in [1.29, 1.82) is 0 Å². The number of hydrogen-bond acceptors (Lipinski definition) is 7. The second-order valence-corrected chi connectivity index (χ2v) is 7.62. The predicted molar refractivity (Wildman–Crippen MR) is 125 cm³/mol. The number of pyridine rings is 1. The lowest BCUT2D eigenvalue weighted by molar-refractivity contribution is -0.117. The monoisotopic (exact) mass is 472 g/mol. The number of hydrogen-bond donors (Lipinski definition) is 2. The van der Waals surface area contributed by atoms with Crippen molar-refractivity contribution in [2.24, 2.45) is 0 Å². The molecule has 4 heterocycles. The zero-order valence-corrected chi connectivity index (χ0v) is 18.5. The normalized spacial score (nSPS) is 11.3. The molecule has 0 bridgehead atoms. The summed E-state index contributed by atoms with van der Waals surface area (Å²) in [5.74, 6) is -1.61. The van der Waals surface area contributed by atoms with E-state index in [9.17, 15) is 14.0 Å². The third-order valence-corrected chi connectivity index (χ3v) is 5.29. The Kier molecular flexibility index (Phi) is 5.98. The minimum Gasteiger partial charge on any atom is -0.384 e. The van der Waals surface area contributed by atoms with E-state index in [4.69, 9.17) is 4.74 Å². The highest BCUT2D eigenvalue weighted by atomic mass is 19.1. The number of nitrogens with zero attached hydrogens (tertiary/aromatic N) is 5. The number of carbonyl (C=O) groups excluding carboxylic acids is 2.